The fraction of sp³-hybridized carbons (Fsp3) is 0.211. The summed E-state index contributed by atoms with van der Waals surface area (Å²) in [6.45, 7) is 1.000. The Labute approximate surface area is 151 Å². The summed E-state index contributed by atoms with van der Waals surface area (Å²) >= 11 is 0. The van der Waals surface area contributed by atoms with Crippen molar-refractivity contribution in [3.8, 4) is 22.9 Å². The highest BCUT2D eigenvalue weighted by Crippen LogP contribution is 2.16. The summed E-state index contributed by atoms with van der Waals surface area (Å²) in [5, 5.41) is 7.25. The third-order valence-corrected chi connectivity index (χ3v) is 3.66. The normalized spacial score (nSPS) is 10.3. The second-order valence-electron chi connectivity index (χ2n) is 5.49. The van der Waals surface area contributed by atoms with Crippen molar-refractivity contribution < 1.29 is 14.3 Å². The largest absolute Gasteiger partial charge is 0.497 e. The van der Waals surface area contributed by atoms with E-state index in [4.69, 9.17) is 9.47 Å². The lowest BCUT2D eigenvalue weighted by atomic mass is 10.3. The van der Waals surface area contributed by atoms with Crippen LogP contribution in [0, 0.1) is 0 Å². The highest BCUT2D eigenvalue weighted by molar-refractivity contribution is 5.77. The number of rotatable bonds is 8. The average molecular weight is 352 g/mol. The van der Waals surface area contributed by atoms with Crippen LogP contribution >= 0.6 is 0 Å². The minimum atomic E-state index is -0.182. The molecule has 2 aromatic heterocycles. The van der Waals surface area contributed by atoms with Gasteiger partial charge in [0.25, 0.3) is 5.91 Å². The standard InChI is InChI=1S/C19H20N4O3/c1-25-15-5-7-16(8-6-15)26-14-19(24)21-11-13-23-12-9-18(22-23)17-4-2-3-10-20-17/h2-10,12H,11,13-14H2,1H3,(H,21,24). The molecule has 1 aromatic carbocycles. The van der Waals surface area contributed by atoms with Gasteiger partial charge in [0.2, 0.25) is 0 Å². The van der Waals surface area contributed by atoms with Gasteiger partial charge in [-0.1, -0.05) is 6.07 Å². The van der Waals surface area contributed by atoms with E-state index >= 15 is 0 Å². The van der Waals surface area contributed by atoms with Gasteiger partial charge in [-0.3, -0.25) is 14.5 Å². The van der Waals surface area contributed by atoms with E-state index in [2.05, 4.69) is 15.4 Å². The van der Waals surface area contributed by atoms with Gasteiger partial charge < -0.3 is 14.8 Å². The summed E-state index contributed by atoms with van der Waals surface area (Å²) in [5.74, 6) is 1.18. The molecule has 26 heavy (non-hydrogen) atoms. The van der Waals surface area contributed by atoms with Crippen LogP contribution in [0.2, 0.25) is 0 Å². The molecule has 3 rings (SSSR count). The molecule has 2 heterocycles. The first-order valence-electron chi connectivity index (χ1n) is 8.23. The van der Waals surface area contributed by atoms with Crippen molar-refractivity contribution in [2.45, 2.75) is 6.54 Å². The first-order valence-corrected chi connectivity index (χ1v) is 8.23. The molecule has 0 radical (unpaired) electrons. The summed E-state index contributed by atoms with van der Waals surface area (Å²) in [6, 6.07) is 14.7. The summed E-state index contributed by atoms with van der Waals surface area (Å²) in [5.41, 5.74) is 1.63. The molecule has 7 nitrogen and oxygen atoms in total. The smallest absolute Gasteiger partial charge is 0.258 e. The lowest BCUT2D eigenvalue weighted by Crippen LogP contribution is -2.31. The molecule has 0 bridgehead atoms. The molecule has 0 fully saturated rings. The van der Waals surface area contributed by atoms with Crippen LogP contribution in [0.1, 0.15) is 0 Å². The lowest BCUT2D eigenvalue weighted by Gasteiger charge is -2.08. The van der Waals surface area contributed by atoms with Crippen LogP contribution in [-0.2, 0) is 11.3 Å². The van der Waals surface area contributed by atoms with Gasteiger partial charge in [0.15, 0.2) is 6.61 Å². The minimum Gasteiger partial charge on any atom is -0.497 e. The lowest BCUT2D eigenvalue weighted by molar-refractivity contribution is -0.123. The second-order valence-corrected chi connectivity index (χ2v) is 5.49. The molecule has 0 aliphatic carbocycles. The first kappa shape index (κ1) is 17.5. The molecule has 0 spiro atoms. The van der Waals surface area contributed by atoms with E-state index in [1.54, 1.807) is 42.3 Å². The fourth-order valence-electron chi connectivity index (χ4n) is 2.32. The van der Waals surface area contributed by atoms with Crippen LogP contribution < -0.4 is 14.8 Å². The van der Waals surface area contributed by atoms with Crippen molar-refractivity contribution in [2.75, 3.05) is 20.3 Å². The molecule has 0 aliphatic heterocycles. The van der Waals surface area contributed by atoms with Crippen molar-refractivity contribution in [2.24, 2.45) is 0 Å². The summed E-state index contributed by atoms with van der Waals surface area (Å²) < 4.78 is 12.3. The zero-order chi connectivity index (χ0) is 18.2. The maximum absolute atomic E-state index is 11.9. The molecule has 3 aromatic rings. The van der Waals surface area contributed by atoms with Gasteiger partial charge in [-0.05, 0) is 42.5 Å². The van der Waals surface area contributed by atoms with E-state index < -0.39 is 0 Å². The Morgan fingerprint density at radius 1 is 1.08 bits per heavy atom. The van der Waals surface area contributed by atoms with E-state index in [1.165, 1.54) is 0 Å². The van der Waals surface area contributed by atoms with Crippen molar-refractivity contribution in [1.82, 2.24) is 20.1 Å². The van der Waals surface area contributed by atoms with Gasteiger partial charge in [-0.15, -0.1) is 0 Å². The van der Waals surface area contributed by atoms with Crippen molar-refractivity contribution in [3.05, 3.63) is 60.9 Å². The molecule has 0 atom stereocenters. The van der Waals surface area contributed by atoms with E-state index in [9.17, 15) is 4.79 Å². The molecule has 1 amide bonds. The SMILES string of the molecule is COc1ccc(OCC(=O)NCCn2ccc(-c3ccccn3)n2)cc1. The van der Waals surface area contributed by atoms with Crippen LogP contribution in [0.25, 0.3) is 11.4 Å². The minimum absolute atomic E-state index is 0.0371. The zero-order valence-electron chi connectivity index (χ0n) is 14.5. The number of benzene rings is 1. The monoisotopic (exact) mass is 352 g/mol. The predicted octanol–water partition coefficient (Wildman–Crippen LogP) is 2.15. The Balaban J connectivity index is 1.40. The third-order valence-electron chi connectivity index (χ3n) is 3.66. The number of ether oxygens (including phenoxy) is 2. The molecule has 0 saturated heterocycles. The number of aromatic nitrogens is 3. The molecular formula is C19H20N4O3. The number of amides is 1. The summed E-state index contributed by atoms with van der Waals surface area (Å²) in [6.07, 6.45) is 3.60. The second kappa shape index (κ2) is 8.66. The molecule has 134 valence electrons. The Hall–Kier alpha value is -3.35. The number of hydrogen-bond acceptors (Lipinski definition) is 5. The average Bonchev–Trinajstić information content (AvgIpc) is 3.16. The van der Waals surface area contributed by atoms with Crippen LogP contribution in [0.4, 0.5) is 0 Å². The number of methoxy groups -OCH3 is 1. The fourth-order valence-corrected chi connectivity index (χ4v) is 2.32. The van der Waals surface area contributed by atoms with Crippen LogP contribution in [0.5, 0.6) is 11.5 Å². The quantitative estimate of drug-likeness (QED) is 0.672. The molecule has 0 saturated carbocycles. The number of carbonyl (C=O) groups excluding carboxylic acids is 1. The van der Waals surface area contributed by atoms with Gasteiger partial charge >= 0.3 is 0 Å². The Morgan fingerprint density at radius 3 is 2.62 bits per heavy atom. The number of hydrogen-bond donors (Lipinski definition) is 1. The number of pyridine rings is 1. The van der Waals surface area contributed by atoms with Gasteiger partial charge in [0.05, 0.1) is 19.3 Å². The first-order chi connectivity index (χ1) is 12.7. The Bertz CT molecular complexity index is 832. The van der Waals surface area contributed by atoms with E-state index in [1.807, 2.05) is 30.5 Å². The maximum Gasteiger partial charge on any atom is 0.258 e. The Kier molecular flexibility index (Phi) is 5.82. The molecule has 0 unspecified atom stereocenters. The Morgan fingerprint density at radius 2 is 1.88 bits per heavy atom. The van der Waals surface area contributed by atoms with Crippen molar-refractivity contribution in [3.63, 3.8) is 0 Å². The molecule has 7 heteroatoms. The summed E-state index contributed by atoms with van der Waals surface area (Å²) in [4.78, 5) is 16.1. The molecule has 1 N–H and O–H groups in total. The van der Waals surface area contributed by atoms with E-state index in [-0.39, 0.29) is 12.5 Å². The van der Waals surface area contributed by atoms with Gasteiger partial charge in [0.1, 0.15) is 17.2 Å². The van der Waals surface area contributed by atoms with E-state index in [0.717, 1.165) is 17.1 Å². The zero-order valence-corrected chi connectivity index (χ0v) is 14.5. The third kappa shape index (κ3) is 4.83. The predicted molar refractivity (Wildman–Crippen MR) is 97.0 cm³/mol. The highest BCUT2D eigenvalue weighted by Gasteiger charge is 2.05. The van der Waals surface area contributed by atoms with Gasteiger partial charge in [-0.25, -0.2) is 0 Å². The van der Waals surface area contributed by atoms with Gasteiger partial charge in [0, 0.05) is 18.9 Å². The van der Waals surface area contributed by atoms with E-state index in [0.29, 0.717) is 18.8 Å². The highest BCUT2D eigenvalue weighted by atomic mass is 16.5. The number of nitrogens with zero attached hydrogens (tertiary/aromatic N) is 3. The maximum atomic E-state index is 11.9. The van der Waals surface area contributed by atoms with Crippen LogP contribution in [0.15, 0.2) is 60.9 Å². The van der Waals surface area contributed by atoms with Crippen LogP contribution in [0.3, 0.4) is 0 Å². The summed E-state index contributed by atoms with van der Waals surface area (Å²) in [7, 11) is 1.60. The molecular weight excluding hydrogens is 332 g/mol. The topological polar surface area (TPSA) is 78.3 Å². The number of carbonyl (C=O) groups is 1. The van der Waals surface area contributed by atoms with Crippen LogP contribution in [-0.4, -0.2) is 40.9 Å². The van der Waals surface area contributed by atoms with Crippen molar-refractivity contribution >= 4 is 5.91 Å². The molecule has 0 aliphatic rings. The van der Waals surface area contributed by atoms with Crippen molar-refractivity contribution in [1.29, 1.82) is 0 Å². The van der Waals surface area contributed by atoms with Gasteiger partial charge in [-0.2, -0.15) is 5.10 Å². The number of nitrogens with one attached hydrogen (secondary N) is 1.